The van der Waals surface area contributed by atoms with Crippen LogP contribution in [0.15, 0.2) is 36.9 Å². The van der Waals surface area contributed by atoms with Gasteiger partial charge in [0, 0.05) is 41.8 Å². The normalized spacial score (nSPS) is 17.6. The van der Waals surface area contributed by atoms with Gasteiger partial charge in [0.05, 0.1) is 5.56 Å². The number of carbonyl (C=O) groups is 1. The highest BCUT2D eigenvalue weighted by atomic mass is 16.2. The van der Waals surface area contributed by atoms with E-state index >= 15 is 0 Å². The lowest BCUT2D eigenvalue weighted by molar-refractivity contribution is -0.127. The summed E-state index contributed by atoms with van der Waals surface area (Å²) in [6.07, 6.45) is 5.13. The van der Waals surface area contributed by atoms with Gasteiger partial charge in [-0.3, -0.25) is 9.69 Å². The molecular formula is C25H28N8O. The quantitative estimate of drug-likeness (QED) is 0.487. The molecular weight excluding hydrogens is 428 g/mol. The summed E-state index contributed by atoms with van der Waals surface area (Å²) in [5, 5.41) is 3.04. The summed E-state index contributed by atoms with van der Waals surface area (Å²) in [5.74, 6) is 1.43. The molecule has 4 aromatic rings. The first-order chi connectivity index (χ1) is 16.3. The van der Waals surface area contributed by atoms with Crippen LogP contribution in [0, 0.1) is 6.92 Å². The SMILES string of the molecule is CCn1c(-c2cnc(C)nc2)nc2c(-c3ccc4c(c3)C(C)(N(C)C(C)C)C(=O)N4)ncnc21. The highest BCUT2D eigenvalue weighted by molar-refractivity contribution is 6.06. The van der Waals surface area contributed by atoms with E-state index in [1.165, 1.54) is 0 Å². The highest BCUT2D eigenvalue weighted by Gasteiger charge is 2.46. The smallest absolute Gasteiger partial charge is 0.249 e. The van der Waals surface area contributed by atoms with Crippen LogP contribution in [0.3, 0.4) is 0 Å². The van der Waals surface area contributed by atoms with Gasteiger partial charge < -0.3 is 9.88 Å². The Hall–Kier alpha value is -3.72. The third-order valence-electron chi connectivity index (χ3n) is 6.88. The minimum Gasteiger partial charge on any atom is -0.324 e. The van der Waals surface area contributed by atoms with Crippen molar-refractivity contribution < 1.29 is 4.79 Å². The summed E-state index contributed by atoms with van der Waals surface area (Å²) in [5.41, 5.74) is 4.87. The molecule has 9 nitrogen and oxygen atoms in total. The maximum atomic E-state index is 13.0. The molecule has 1 N–H and O–H groups in total. The minimum atomic E-state index is -0.779. The van der Waals surface area contributed by atoms with Crippen molar-refractivity contribution in [3.05, 3.63) is 48.3 Å². The number of fused-ring (bicyclic) bond motifs is 2. The first kappa shape index (κ1) is 22.1. The highest BCUT2D eigenvalue weighted by Crippen LogP contribution is 2.42. The van der Waals surface area contributed by atoms with Crippen molar-refractivity contribution in [1.82, 2.24) is 34.4 Å². The molecule has 0 fully saturated rings. The lowest BCUT2D eigenvalue weighted by Gasteiger charge is -2.36. The summed E-state index contributed by atoms with van der Waals surface area (Å²) < 4.78 is 2.05. The van der Waals surface area contributed by atoms with Gasteiger partial charge in [0.25, 0.3) is 0 Å². The van der Waals surface area contributed by atoms with Gasteiger partial charge in [-0.1, -0.05) is 6.07 Å². The Morgan fingerprint density at radius 1 is 1.12 bits per heavy atom. The molecule has 174 valence electrons. The second-order valence-corrected chi connectivity index (χ2v) is 9.08. The van der Waals surface area contributed by atoms with Crippen molar-refractivity contribution in [2.45, 2.75) is 52.7 Å². The molecule has 0 spiro atoms. The van der Waals surface area contributed by atoms with Gasteiger partial charge in [-0.25, -0.2) is 24.9 Å². The number of nitrogens with zero attached hydrogens (tertiary/aromatic N) is 7. The van der Waals surface area contributed by atoms with E-state index in [-0.39, 0.29) is 11.9 Å². The van der Waals surface area contributed by atoms with Crippen LogP contribution in [-0.2, 0) is 16.9 Å². The molecule has 34 heavy (non-hydrogen) atoms. The van der Waals surface area contributed by atoms with Crippen molar-refractivity contribution in [2.24, 2.45) is 0 Å². The Labute approximate surface area is 198 Å². The third kappa shape index (κ3) is 3.19. The van der Waals surface area contributed by atoms with Crippen molar-refractivity contribution in [1.29, 1.82) is 0 Å². The second-order valence-electron chi connectivity index (χ2n) is 9.08. The van der Waals surface area contributed by atoms with E-state index in [1.54, 1.807) is 18.7 Å². The Kier molecular flexibility index (Phi) is 5.16. The summed E-state index contributed by atoms with van der Waals surface area (Å²) >= 11 is 0. The van der Waals surface area contributed by atoms with Gasteiger partial charge >= 0.3 is 0 Å². The van der Waals surface area contributed by atoms with Crippen LogP contribution in [0.1, 0.15) is 39.1 Å². The predicted octanol–water partition coefficient (Wildman–Crippen LogP) is 3.79. The topological polar surface area (TPSA) is 102 Å². The van der Waals surface area contributed by atoms with Crippen LogP contribution in [0.25, 0.3) is 33.8 Å². The van der Waals surface area contributed by atoms with E-state index < -0.39 is 5.54 Å². The molecule has 9 heteroatoms. The van der Waals surface area contributed by atoms with E-state index in [4.69, 9.17) is 4.98 Å². The minimum absolute atomic E-state index is 0.0272. The number of hydrogen-bond acceptors (Lipinski definition) is 7. The number of anilines is 1. The van der Waals surface area contributed by atoms with Gasteiger partial charge in [-0.2, -0.15) is 0 Å². The largest absolute Gasteiger partial charge is 0.324 e. The number of likely N-dealkylation sites (N-methyl/N-ethyl adjacent to an activating group) is 1. The van der Waals surface area contributed by atoms with Gasteiger partial charge in [-0.05, 0) is 53.8 Å². The molecule has 5 rings (SSSR count). The van der Waals surface area contributed by atoms with Crippen LogP contribution in [-0.4, -0.2) is 53.4 Å². The molecule has 1 atom stereocenters. The average Bonchev–Trinajstić information content (AvgIpc) is 3.33. The maximum Gasteiger partial charge on any atom is 0.249 e. The van der Waals surface area contributed by atoms with E-state index in [1.807, 2.05) is 43.7 Å². The fraction of sp³-hybridized carbons (Fsp3) is 0.360. The number of imidazole rings is 1. The zero-order valence-corrected chi connectivity index (χ0v) is 20.3. The van der Waals surface area contributed by atoms with Crippen molar-refractivity contribution in [3.63, 3.8) is 0 Å². The molecule has 0 saturated carbocycles. The number of aromatic nitrogens is 6. The first-order valence-electron chi connectivity index (χ1n) is 11.4. The molecule has 1 aliphatic heterocycles. The number of benzene rings is 1. The standard InChI is InChI=1S/C25H28N8O/c1-7-33-22(17-11-26-15(4)27-12-17)31-21-20(28-13-29-23(21)33)16-8-9-19-18(10-16)25(5,24(34)30-19)32(6)14(2)3/h8-14H,7H2,1-6H3,(H,30,34). The van der Waals surface area contributed by atoms with Gasteiger partial charge in [0.15, 0.2) is 5.65 Å². The van der Waals surface area contributed by atoms with Crippen LogP contribution in [0.4, 0.5) is 5.69 Å². The van der Waals surface area contributed by atoms with Crippen LogP contribution < -0.4 is 5.32 Å². The Bertz CT molecular complexity index is 1410. The van der Waals surface area contributed by atoms with Crippen LogP contribution in [0.5, 0.6) is 0 Å². The fourth-order valence-electron chi connectivity index (χ4n) is 4.61. The molecule has 3 aromatic heterocycles. The lowest BCUT2D eigenvalue weighted by Crippen LogP contribution is -2.49. The summed E-state index contributed by atoms with van der Waals surface area (Å²) in [6.45, 7) is 10.7. The van der Waals surface area contributed by atoms with Gasteiger partial charge in [-0.15, -0.1) is 0 Å². The summed E-state index contributed by atoms with van der Waals surface area (Å²) in [4.78, 5) is 37.9. The number of aryl methyl sites for hydroxylation is 2. The molecule has 0 bridgehead atoms. The monoisotopic (exact) mass is 456 g/mol. The van der Waals surface area contributed by atoms with Gasteiger partial charge in [0.2, 0.25) is 5.91 Å². The molecule has 1 aliphatic rings. The maximum absolute atomic E-state index is 13.0. The average molecular weight is 457 g/mol. The zero-order chi connectivity index (χ0) is 24.2. The number of carbonyl (C=O) groups excluding carboxylic acids is 1. The Morgan fingerprint density at radius 2 is 1.85 bits per heavy atom. The van der Waals surface area contributed by atoms with Crippen molar-refractivity contribution >= 4 is 22.8 Å². The zero-order valence-electron chi connectivity index (χ0n) is 20.3. The number of hydrogen-bond donors (Lipinski definition) is 1. The van der Waals surface area contributed by atoms with Crippen LogP contribution in [0.2, 0.25) is 0 Å². The number of amides is 1. The van der Waals surface area contributed by atoms with Gasteiger partial charge in [0.1, 0.15) is 34.7 Å². The van der Waals surface area contributed by atoms with Crippen LogP contribution >= 0.6 is 0 Å². The fourth-order valence-corrected chi connectivity index (χ4v) is 4.61. The molecule has 1 aromatic carbocycles. The Balaban J connectivity index is 1.69. The molecule has 1 amide bonds. The summed E-state index contributed by atoms with van der Waals surface area (Å²) in [7, 11) is 1.98. The number of rotatable bonds is 5. The van der Waals surface area contributed by atoms with E-state index in [9.17, 15) is 4.79 Å². The van der Waals surface area contributed by atoms with E-state index in [0.29, 0.717) is 17.9 Å². The molecule has 4 heterocycles. The molecule has 1 unspecified atom stereocenters. The molecule has 0 aliphatic carbocycles. The summed E-state index contributed by atoms with van der Waals surface area (Å²) in [6, 6.07) is 6.16. The van der Waals surface area contributed by atoms with Crippen molar-refractivity contribution in [2.75, 3.05) is 12.4 Å². The predicted molar refractivity (Wildman–Crippen MR) is 131 cm³/mol. The third-order valence-corrected chi connectivity index (χ3v) is 6.88. The molecule has 0 saturated heterocycles. The van der Waals surface area contributed by atoms with E-state index in [2.05, 4.69) is 50.9 Å². The van der Waals surface area contributed by atoms with Crippen molar-refractivity contribution in [3.8, 4) is 22.6 Å². The second kappa shape index (κ2) is 7.95. The lowest BCUT2D eigenvalue weighted by atomic mass is 9.89. The van der Waals surface area contributed by atoms with E-state index in [0.717, 1.165) is 39.5 Å². The number of nitrogens with one attached hydrogen (secondary N) is 1. The Morgan fingerprint density at radius 3 is 2.53 bits per heavy atom. The first-order valence-corrected chi connectivity index (χ1v) is 11.4. The molecule has 0 radical (unpaired) electrons.